The Morgan fingerprint density at radius 3 is 2.22 bits per heavy atom. The molecule has 37 heavy (non-hydrogen) atoms. The van der Waals surface area contributed by atoms with E-state index in [0.717, 1.165) is 65.1 Å². The first kappa shape index (κ1) is 24.8. The van der Waals surface area contributed by atoms with Gasteiger partial charge in [-0.15, -0.1) is 0 Å². The lowest BCUT2D eigenvalue weighted by Gasteiger charge is -2.16. The topological polar surface area (TPSA) is 64.4 Å². The van der Waals surface area contributed by atoms with E-state index >= 15 is 0 Å². The van der Waals surface area contributed by atoms with Gasteiger partial charge in [0.1, 0.15) is 11.4 Å². The second kappa shape index (κ2) is 10.6. The summed E-state index contributed by atoms with van der Waals surface area (Å²) >= 11 is 0. The molecule has 1 fully saturated rings. The van der Waals surface area contributed by atoms with Crippen LogP contribution in [-0.2, 0) is 21.4 Å². The number of nitrogens with zero attached hydrogens (tertiary/aromatic N) is 1. The van der Waals surface area contributed by atoms with Gasteiger partial charge in [0, 0.05) is 11.6 Å². The molecule has 0 radical (unpaired) electrons. The highest BCUT2D eigenvalue weighted by Gasteiger charge is 2.52. The van der Waals surface area contributed by atoms with Crippen LogP contribution < -0.4 is 5.32 Å². The van der Waals surface area contributed by atoms with Crippen LogP contribution in [0, 0.1) is 6.92 Å². The number of esters is 1. The van der Waals surface area contributed by atoms with Crippen molar-refractivity contribution in [1.29, 1.82) is 0 Å². The van der Waals surface area contributed by atoms with Crippen molar-refractivity contribution in [1.82, 2.24) is 5.16 Å². The second-order valence-corrected chi connectivity index (χ2v) is 10.00. The highest BCUT2D eigenvalue weighted by atomic mass is 16.5. The third kappa shape index (κ3) is 5.31. The summed E-state index contributed by atoms with van der Waals surface area (Å²) < 4.78 is 11.0. The maximum Gasteiger partial charge on any atom is 0.316 e. The Morgan fingerprint density at radius 1 is 0.973 bits per heavy atom. The number of aryl methyl sites for hydroxylation is 2. The maximum atomic E-state index is 12.4. The smallest absolute Gasteiger partial charge is 0.316 e. The van der Waals surface area contributed by atoms with Crippen molar-refractivity contribution in [2.24, 2.45) is 0 Å². The first-order valence-corrected chi connectivity index (χ1v) is 13.2. The van der Waals surface area contributed by atoms with Crippen LogP contribution in [0.2, 0.25) is 0 Å². The standard InChI is InChI=1S/C32H34N2O3/c1-4-36-31(35)32(20-21-32)28-18-16-26(17-19-28)25-12-14-27(15-13-25)30-29(23(3)34-37-30)33-22(2)10-11-24-8-6-5-7-9-24/h5-9,12-19,22,33H,4,10-11,20-21H2,1-3H3. The largest absolute Gasteiger partial charge is 0.465 e. The molecule has 5 heteroatoms. The Bertz CT molecular complexity index is 1340. The summed E-state index contributed by atoms with van der Waals surface area (Å²) in [4.78, 5) is 12.4. The van der Waals surface area contributed by atoms with Gasteiger partial charge in [-0.25, -0.2) is 0 Å². The molecule has 1 aromatic heterocycles. The summed E-state index contributed by atoms with van der Waals surface area (Å²) in [6.45, 7) is 6.43. The molecule has 0 bridgehead atoms. The molecular formula is C32H34N2O3. The highest BCUT2D eigenvalue weighted by Crippen LogP contribution is 2.49. The SMILES string of the molecule is CCOC(=O)C1(c2ccc(-c3ccc(-c4onc(C)c4NC(C)CCc4ccccc4)cc3)cc2)CC1. The number of ether oxygens (including phenoxy) is 1. The lowest BCUT2D eigenvalue weighted by atomic mass is 9.93. The van der Waals surface area contributed by atoms with E-state index in [4.69, 9.17) is 9.26 Å². The van der Waals surface area contributed by atoms with Gasteiger partial charge in [-0.05, 0) is 68.7 Å². The van der Waals surface area contributed by atoms with Gasteiger partial charge in [0.05, 0.1) is 12.0 Å². The number of carbonyl (C=O) groups excluding carboxylic acids is 1. The molecule has 0 aliphatic heterocycles. The molecule has 1 N–H and O–H groups in total. The van der Waals surface area contributed by atoms with Crippen LogP contribution in [0.4, 0.5) is 5.69 Å². The van der Waals surface area contributed by atoms with Crippen molar-refractivity contribution in [3.05, 3.63) is 95.7 Å². The summed E-state index contributed by atoms with van der Waals surface area (Å²) in [6.07, 6.45) is 3.75. The molecule has 1 saturated carbocycles. The van der Waals surface area contributed by atoms with Crippen LogP contribution in [-0.4, -0.2) is 23.8 Å². The Balaban J connectivity index is 1.27. The average molecular weight is 495 g/mol. The molecule has 1 unspecified atom stereocenters. The minimum absolute atomic E-state index is 0.103. The molecule has 3 aromatic carbocycles. The number of hydrogen-bond donors (Lipinski definition) is 1. The summed E-state index contributed by atoms with van der Waals surface area (Å²) in [6, 6.07) is 27.5. The molecule has 1 aliphatic carbocycles. The van der Waals surface area contributed by atoms with Crippen LogP contribution in [0.25, 0.3) is 22.5 Å². The van der Waals surface area contributed by atoms with E-state index in [1.807, 2.05) is 19.9 Å². The normalized spacial score (nSPS) is 14.7. The molecule has 1 atom stereocenters. The van der Waals surface area contributed by atoms with Crippen molar-refractivity contribution >= 4 is 11.7 Å². The molecule has 5 rings (SSSR count). The molecule has 5 nitrogen and oxygen atoms in total. The van der Waals surface area contributed by atoms with E-state index in [-0.39, 0.29) is 12.0 Å². The lowest BCUT2D eigenvalue weighted by molar-refractivity contribution is -0.146. The van der Waals surface area contributed by atoms with Gasteiger partial charge in [-0.3, -0.25) is 4.79 Å². The van der Waals surface area contributed by atoms with Gasteiger partial charge in [-0.1, -0.05) is 84.0 Å². The fourth-order valence-electron chi connectivity index (χ4n) is 4.88. The minimum atomic E-state index is -0.440. The quantitative estimate of drug-likeness (QED) is 0.234. The number of hydrogen-bond acceptors (Lipinski definition) is 5. The second-order valence-electron chi connectivity index (χ2n) is 10.00. The zero-order valence-electron chi connectivity index (χ0n) is 21.8. The Labute approximate surface area is 218 Å². The van der Waals surface area contributed by atoms with Crippen molar-refractivity contribution in [2.45, 2.75) is 57.9 Å². The molecule has 190 valence electrons. The fraction of sp³-hybridized carbons (Fsp3) is 0.312. The van der Waals surface area contributed by atoms with Crippen LogP contribution >= 0.6 is 0 Å². The summed E-state index contributed by atoms with van der Waals surface area (Å²) in [5.74, 6) is 0.657. The zero-order chi connectivity index (χ0) is 25.8. The van der Waals surface area contributed by atoms with Crippen molar-refractivity contribution in [2.75, 3.05) is 11.9 Å². The minimum Gasteiger partial charge on any atom is -0.465 e. The summed E-state index contributed by atoms with van der Waals surface area (Å²) in [7, 11) is 0. The van der Waals surface area contributed by atoms with Crippen LogP contribution in [0.3, 0.4) is 0 Å². The number of aromatic nitrogens is 1. The summed E-state index contributed by atoms with van der Waals surface area (Å²) in [5, 5.41) is 7.86. The van der Waals surface area contributed by atoms with Crippen molar-refractivity contribution in [3.63, 3.8) is 0 Å². The average Bonchev–Trinajstić information content (AvgIpc) is 3.67. The maximum absolute atomic E-state index is 12.4. The zero-order valence-corrected chi connectivity index (χ0v) is 21.8. The molecular weight excluding hydrogens is 460 g/mol. The van der Waals surface area contributed by atoms with Crippen LogP contribution in [0.15, 0.2) is 83.4 Å². The van der Waals surface area contributed by atoms with Gasteiger partial charge in [0.25, 0.3) is 0 Å². The van der Waals surface area contributed by atoms with E-state index < -0.39 is 5.41 Å². The predicted molar refractivity (Wildman–Crippen MR) is 148 cm³/mol. The number of nitrogens with one attached hydrogen (secondary N) is 1. The fourth-order valence-corrected chi connectivity index (χ4v) is 4.88. The highest BCUT2D eigenvalue weighted by molar-refractivity contribution is 5.87. The van der Waals surface area contributed by atoms with Gasteiger partial charge < -0.3 is 14.6 Å². The van der Waals surface area contributed by atoms with Crippen molar-refractivity contribution in [3.8, 4) is 22.5 Å². The van der Waals surface area contributed by atoms with E-state index in [1.54, 1.807) is 0 Å². The van der Waals surface area contributed by atoms with E-state index in [2.05, 4.69) is 90.2 Å². The Kier molecular flexibility index (Phi) is 7.13. The third-order valence-corrected chi connectivity index (χ3v) is 7.30. The number of benzene rings is 3. The predicted octanol–water partition coefficient (Wildman–Crippen LogP) is 7.34. The van der Waals surface area contributed by atoms with Gasteiger partial charge in [-0.2, -0.15) is 0 Å². The number of anilines is 1. The van der Waals surface area contributed by atoms with E-state index in [9.17, 15) is 4.79 Å². The Morgan fingerprint density at radius 2 is 1.59 bits per heavy atom. The number of rotatable bonds is 10. The van der Waals surface area contributed by atoms with Crippen LogP contribution in [0.1, 0.15) is 49.9 Å². The Hall–Kier alpha value is -3.86. The van der Waals surface area contributed by atoms with E-state index in [1.165, 1.54) is 5.56 Å². The molecule has 4 aromatic rings. The number of carbonyl (C=O) groups is 1. The van der Waals surface area contributed by atoms with Gasteiger partial charge >= 0.3 is 5.97 Å². The molecule has 1 heterocycles. The third-order valence-electron chi connectivity index (χ3n) is 7.30. The molecule has 0 amide bonds. The van der Waals surface area contributed by atoms with Crippen LogP contribution in [0.5, 0.6) is 0 Å². The van der Waals surface area contributed by atoms with E-state index in [0.29, 0.717) is 6.61 Å². The first-order valence-electron chi connectivity index (χ1n) is 13.2. The lowest BCUT2D eigenvalue weighted by Crippen LogP contribution is -2.23. The van der Waals surface area contributed by atoms with Gasteiger partial charge in [0.15, 0.2) is 5.76 Å². The van der Waals surface area contributed by atoms with Crippen molar-refractivity contribution < 1.29 is 14.1 Å². The monoisotopic (exact) mass is 494 g/mol. The molecule has 1 aliphatic rings. The van der Waals surface area contributed by atoms with Gasteiger partial charge in [0.2, 0.25) is 0 Å². The molecule has 0 spiro atoms. The first-order chi connectivity index (χ1) is 18.0. The molecule has 0 saturated heterocycles. The summed E-state index contributed by atoms with van der Waals surface area (Å²) in [5.41, 5.74) is 6.95.